The van der Waals surface area contributed by atoms with Gasteiger partial charge in [-0.15, -0.1) is 11.3 Å². The molecule has 4 rings (SSSR count). The maximum absolute atomic E-state index is 12.6. The van der Waals surface area contributed by atoms with Crippen LogP contribution in [0.2, 0.25) is 0 Å². The van der Waals surface area contributed by atoms with Gasteiger partial charge in [-0.3, -0.25) is 0 Å². The van der Waals surface area contributed by atoms with Crippen molar-refractivity contribution in [2.24, 2.45) is 0 Å². The van der Waals surface area contributed by atoms with Crippen molar-refractivity contribution in [2.45, 2.75) is 10.8 Å². The summed E-state index contributed by atoms with van der Waals surface area (Å²) < 4.78 is 32.6. The standard InChI is InChI=1S/C18H19N3O3S2/c22-26(23,18-7-4-12-25-18)21-10-8-20(9-11-21)14-16-13-17(24-19-16)15-5-2-1-3-6-15/h1-7,12-13H,8-11,14H2/p+1. The average Bonchev–Trinajstić information content (AvgIpc) is 3.35. The predicted octanol–water partition coefficient (Wildman–Crippen LogP) is 1.49. The van der Waals surface area contributed by atoms with Crippen LogP contribution in [0.25, 0.3) is 11.3 Å². The molecule has 0 bridgehead atoms. The third-order valence-corrected chi connectivity index (χ3v) is 7.84. The number of hydrogen-bond donors (Lipinski definition) is 1. The number of quaternary nitrogens is 1. The van der Waals surface area contributed by atoms with Crippen LogP contribution in [-0.4, -0.2) is 44.1 Å². The number of nitrogens with zero attached hydrogens (tertiary/aromatic N) is 2. The molecule has 1 saturated heterocycles. The fraction of sp³-hybridized carbons (Fsp3) is 0.278. The summed E-state index contributed by atoms with van der Waals surface area (Å²) >= 11 is 1.27. The lowest BCUT2D eigenvalue weighted by Gasteiger charge is -2.30. The molecule has 2 aromatic heterocycles. The van der Waals surface area contributed by atoms with Gasteiger partial charge in [0.1, 0.15) is 16.4 Å². The molecular weight excluding hydrogens is 370 g/mol. The van der Waals surface area contributed by atoms with Crippen LogP contribution < -0.4 is 4.90 Å². The zero-order valence-electron chi connectivity index (χ0n) is 14.2. The average molecular weight is 391 g/mol. The van der Waals surface area contributed by atoms with Gasteiger partial charge in [-0.05, 0) is 11.4 Å². The molecule has 8 heteroatoms. The molecule has 0 amide bonds. The van der Waals surface area contributed by atoms with Gasteiger partial charge in [-0.2, -0.15) is 4.31 Å². The lowest BCUT2D eigenvalue weighted by atomic mass is 10.1. The van der Waals surface area contributed by atoms with Crippen molar-refractivity contribution in [3.8, 4) is 11.3 Å². The van der Waals surface area contributed by atoms with Gasteiger partial charge in [0.15, 0.2) is 5.76 Å². The minimum Gasteiger partial charge on any atom is -0.356 e. The lowest BCUT2D eigenvalue weighted by molar-refractivity contribution is -0.917. The summed E-state index contributed by atoms with van der Waals surface area (Å²) in [4.78, 5) is 1.32. The molecule has 0 spiro atoms. The van der Waals surface area contributed by atoms with E-state index < -0.39 is 10.0 Å². The summed E-state index contributed by atoms with van der Waals surface area (Å²) in [5.41, 5.74) is 1.90. The molecule has 0 radical (unpaired) electrons. The number of sulfonamides is 1. The molecule has 3 aromatic rings. The molecule has 0 saturated carbocycles. The van der Waals surface area contributed by atoms with Crippen LogP contribution in [0, 0.1) is 0 Å². The number of nitrogens with one attached hydrogen (secondary N) is 1. The molecule has 3 heterocycles. The Labute approximate surface area is 156 Å². The second kappa shape index (κ2) is 7.32. The van der Waals surface area contributed by atoms with E-state index in [-0.39, 0.29) is 0 Å². The first kappa shape index (κ1) is 17.4. The second-order valence-electron chi connectivity index (χ2n) is 6.31. The van der Waals surface area contributed by atoms with Crippen LogP contribution in [-0.2, 0) is 16.6 Å². The zero-order valence-corrected chi connectivity index (χ0v) is 15.8. The van der Waals surface area contributed by atoms with Gasteiger partial charge >= 0.3 is 0 Å². The van der Waals surface area contributed by atoms with E-state index in [0.717, 1.165) is 36.7 Å². The van der Waals surface area contributed by atoms with Gasteiger partial charge < -0.3 is 9.42 Å². The van der Waals surface area contributed by atoms with E-state index in [1.165, 1.54) is 16.2 Å². The first-order valence-electron chi connectivity index (χ1n) is 8.51. The zero-order chi connectivity index (χ0) is 18.0. The normalized spacial score (nSPS) is 16.8. The largest absolute Gasteiger partial charge is 0.356 e. The molecule has 0 atom stereocenters. The smallest absolute Gasteiger partial charge is 0.252 e. The highest BCUT2D eigenvalue weighted by Gasteiger charge is 2.31. The second-order valence-corrected chi connectivity index (χ2v) is 9.42. The number of rotatable bonds is 5. The number of hydrogen-bond acceptors (Lipinski definition) is 5. The van der Waals surface area contributed by atoms with Crippen LogP contribution >= 0.6 is 11.3 Å². The molecule has 1 fully saturated rings. The minimum atomic E-state index is -3.34. The quantitative estimate of drug-likeness (QED) is 0.717. The summed E-state index contributed by atoms with van der Waals surface area (Å²) in [6.45, 7) is 3.32. The molecule has 26 heavy (non-hydrogen) atoms. The van der Waals surface area contributed by atoms with Gasteiger partial charge in [-0.25, -0.2) is 8.42 Å². The molecule has 6 nitrogen and oxygen atoms in total. The Morgan fingerprint density at radius 3 is 2.58 bits per heavy atom. The Morgan fingerprint density at radius 1 is 1.12 bits per heavy atom. The number of benzene rings is 1. The minimum absolute atomic E-state index is 0.421. The van der Waals surface area contributed by atoms with Crippen molar-refractivity contribution in [3.05, 3.63) is 59.6 Å². The van der Waals surface area contributed by atoms with E-state index in [1.807, 2.05) is 36.4 Å². The molecule has 136 valence electrons. The van der Waals surface area contributed by atoms with Gasteiger partial charge in [0.25, 0.3) is 10.0 Å². The van der Waals surface area contributed by atoms with E-state index in [0.29, 0.717) is 17.3 Å². The molecule has 1 N–H and O–H groups in total. The maximum Gasteiger partial charge on any atom is 0.252 e. The molecule has 0 unspecified atom stereocenters. The van der Waals surface area contributed by atoms with Crippen molar-refractivity contribution >= 4 is 21.4 Å². The van der Waals surface area contributed by atoms with Crippen molar-refractivity contribution in [3.63, 3.8) is 0 Å². The fourth-order valence-electron chi connectivity index (χ4n) is 3.15. The first-order valence-corrected chi connectivity index (χ1v) is 10.8. The van der Waals surface area contributed by atoms with E-state index in [9.17, 15) is 8.42 Å². The highest BCUT2D eigenvalue weighted by atomic mass is 32.2. The SMILES string of the molecule is O=S(=O)(c1cccs1)N1CC[NH+](Cc2cc(-c3ccccc3)on2)CC1. The fourth-order valence-corrected chi connectivity index (χ4v) is 5.73. The molecule has 1 aliphatic heterocycles. The number of aromatic nitrogens is 1. The van der Waals surface area contributed by atoms with E-state index in [2.05, 4.69) is 5.16 Å². The lowest BCUT2D eigenvalue weighted by Crippen LogP contribution is -3.13. The van der Waals surface area contributed by atoms with E-state index in [4.69, 9.17) is 4.52 Å². The van der Waals surface area contributed by atoms with Crippen LogP contribution in [0.4, 0.5) is 0 Å². The molecular formula is C18H20N3O3S2+. The van der Waals surface area contributed by atoms with Crippen LogP contribution in [0.3, 0.4) is 0 Å². The summed E-state index contributed by atoms with van der Waals surface area (Å²) in [6, 6.07) is 15.3. The van der Waals surface area contributed by atoms with Crippen LogP contribution in [0.5, 0.6) is 0 Å². The Bertz CT molecular complexity index is 945. The van der Waals surface area contributed by atoms with Crippen molar-refractivity contribution in [1.82, 2.24) is 9.46 Å². The van der Waals surface area contributed by atoms with Crippen LogP contribution in [0.15, 0.2) is 62.6 Å². The highest BCUT2D eigenvalue weighted by Crippen LogP contribution is 2.21. The Hall–Kier alpha value is -2.00. The van der Waals surface area contributed by atoms with Crippen molar-refractivity contribution in [1.29, 1.82) is 0 Å². The van der Waals surface area contributed by atoms with Gasteiger partial charge in [0.05, 0.1) is 26.2 Å². The van der Waals surface area contributed by atoms with Gasteiger partial charge in [0, 0.05) is 11.6 Å². The van der Waals surface area contributed by atoms with Gasteiger partial charge in [0.2, 0.25) is 0 Å². The highest BCUT2D eigenvalue weighted by molar-refractivity contribution is 7.91. The third-order valence-electron chi connectivity index (χ3n) is 4.57. The Balaban J connectivity index is 1.37. The molecule has 1 aliphatic rings. The number of piperazine rings is 1. The number of thiophene rings is 1. The first-order chi connectivity index (χ1) is 12.6. The molecule has 0 aliphatic carbocycles. The molecule has 1 aromatic carbocycles. The summed E-state index contributed by atoms with van der Waals surface area (Å²) in [5.74, 6) is 0.763. The van der Waals surface area contributed by atoms with E-state index >= 15 is 0 Å². The summed E-state index contributed by atoms with van der Waals surface area (Å²) in [6.07, 6.45) is 0. The van der Waals surface area contributed by atoms with Crippen LogP contribution in [0.1, 0.15) is 5.69 Å². The third kappa shape index (κ3) is 3.59. The van der Waals surface area contributed by atoms with Crippen molar-refractivity contribution in [2.75, 3.05) is 26.2 Å². The summed E-state index contributed by atoms with van der Waals surface area (Å²) in [7, 11) is -3.34. The Kier molecular flexibility index (Phi) is 4.90. The van der Waals surface area contributed by atoms with Gasteiger partial charge in [-0.1, -0.05) is 41.6 Å². The maximum atomic E-state index is 12.6. The van der Waals surface area contributed by atoms with Crippen molar-refractivity contribution < 1.29 is 17.8 Å². The predicted molar refractivity (Wildman–Crippen MR) is 99.4 cm³/mol. The summed E-state index contributed by atoms with van der Waals surface area (Å²) in [5, 5.41) is 5.96. The Morgan fingerprint density at radius 2 is 1.88 bits per heavy atom. The van der Waals surface area contributed by atoms with E-state index in [1.54, 1.807) is 21.8 Å². The topological polar surface area (TPSA) is 67.8 Å². The monoisotopic (exact) mass is 390 g/mol.